The van der Waals surface area contributed by atoms with Crippen molar-refractivity contribution in [1.29, 1.82) is 0 Å². The van der Waals surface area contributed by atoms with Gasteiger partial charge < -0.3 is 15.1 Å². The van der Waals surface area contributed by atoms with E-state index < -0.39 is 11.9 Å². The lowest BCUT2D eigenvalue weighted by molar-refractivity contribution is 0.0686. The van der Waals surface area contributed by atoms with Gasteiger partial charge in [0.05, 0.1) is 22.5 Å². The minimum atomic E-state index is -0.965. The molecule has 0 saturated heterocycles. The fraction of sp³-hybridized carbons (Fsp3) is 0.300. The smallest absolute Gasteiger partial charge is 0.335 e. The van der Waals surface area contributed by atoms with Crippen LogP contribution in [0.5, 0.6) is 0 Å². The van der Waals surface area contributed by atoms with E-state index >= 15 is 0 Å². The number of benzene rings is 2. The van der Waals surface area contributed by atoms with Crippen LogP contribution >= 0.6 is 11.8 Å². The first-order valence-corrected chi connectivity index (χ1v) is 9.53. The highest BCUT2D eigenvalue weighted by atomic mass is 32.2. The molecule has 0 radical (unpaired) electrons. The molecule has 2 N–H and O–H groups in total. The number of rotatable bonds is 7. The van der Waals surface area contributed by atoms with Crippen LogP contribution in [-0.2, 0) is 0 Å². The Morgan fingerprint density at radius 1 is 0.885 bits per heavy atom. The summed E-state index contributed by atoms with van der Waals surface area (Å²) in [7, 11) is 0. The monoisotopic (exact) mass is 371 g/mol. The van der Waals surface area contributed by atoms with E-state index in [1.807, 2.05) is 12.1 Å². The zero-order valence-corrected chi connectivity index (χ0v) is 15.4. The van der Waals surface area contributed by atoms with E-state index in [-0.39, 0.29) is 11.1 Å². The van der Waals surface area contributed by atoms with Crippen LogP contribution in [0.1, 0.15) is 53.3 Å². The molecule has 136 valence electrons. The van der Waals surface area contributed by atoms with Crippen molar-refractivity contribution in [2.45, 2.75) is 42.4 Å². The van der Waals surface area contributed by atoms with Gasteiger partial charge in [0.15, 0.2) is 0 Å². The number of unbranched alkanes of at least 4 members (excludes halogenated alkanes) is 3. The summed E-state index contributed by atoms with van der Waals surface area (Å²) < 4.78 is 0. The summed E-state index contributed by atoms with van der Waals surface area (Å²) in [5.74, 6) is -1.93. The molecule has 3 rings (SSSR count). The largest absolute Gasteiger partial charge is 0.478 e. The number of carbonyl (C=O) groups is 2. The molecule has 1 heterocycles. The fourth-order valence-corrected chi connectivity index (χ4v) is 4.26. The first kappa shape index (κ1) is 18.3. The van der Waals surface area contributed by atoms with Gasteiger partial charge in [0.2, 0.25) is 0 Å². The number of hydrogen-bond donors (Lipinski definition) is 2. The van der Waals surface area contributed by atoms with Crippen molar-refractivity contribution in [2.75, 3.05) is 11.4 Å². The van der Waals surface area contributed by atoms with Crippen LogP contribution in [0.3, 0.4) is 0 Å². The number of nitrogens with zero attached hydrogens (tertiary/aromatic N) is 1. The van der Waals surface area contributed by atoms with Crippen molar-refractivity contribution in [1.82, 2.24) is 0 Å². The topological polar surface area (TPSA) is 77.8 Å². The highest BCUT2D eigenvalue weighted by molar-refractivity contribution is 7.99. The Morgan fingerprint density at radius 3 is 1.88 bits per heavy atom. The molecule has 5 nitrogen and oxygen atoms in total. The van der Waals surface area contributed by atoms with Crippen molar-refractivity contribution in [3.63, 3.8) is 0 Å². The van der Waals surface area contributed by atoms with Gasteiger partial charge >= 0.3 is 11.9 Å². The molecular formula is C20H21NO4S. The molecule has 1 aliphatic rings. The summed E-state index contributed by atoms with van der Waals surface area (Å²) in [5.41, 5.74) is 2.43. The van der Waals surface area contributed by atoms with E-state index in [9.17, 15) is 19.8 Å². The normalized spacial score (nSPS) is 12.4. The molecule has 2 aromatic rings. The van der Waals surface area contributed by atoms with Gasteiger partial charge in [0.1, 0.15) is 0 Å². The number of carboxylic acids is 2. The number of aromatic carboxylic acids is 2. The first-order valence-electron chi connectivity index (χ1n) is 8.71. The molecule has 2 aromatic carbocycles. The molecule has 0 spiro atoms. The van der Waals surface area contributed by atoms with Gasteiger partial charge in [-0.2, -0.15) is 0 Å². The van der Waals surface area contributed by atoms with Gasteiger partial charge in [-0.05, 0) is 42.8 Å². The van der Waals surface area contributed by atoms with Crippen molar-refractivity contribution in [3.05, 3.63) is 47.5 Å². The minimum absolute atomic E-state index is 0.236. The molecule has 6 heteroatoms. The maximum absolute atomic E-state index is 11.3. The zero-order chi connectivity index (χ0) is 18.7. The van der Waals surface area contributed by atoms with Gasteiger partial charge in [-0.15, -0.1) is 0 Å². The molecule has 0 bridgehead atoms. The van der Waals surface area contributed by atoms with E-state index in [0.717, 1.165) is 47.0 Å². The molecule has 1 aliphatic heterocycles. The van der Waals surface area contributed by atoms with Crippen LogP contribution in [0.15, 0.2) is 46.2 Å². The molecule has 0 aromatic heterocycles. The summed E-state index contributed by atoms with van der Waals surface area (Å²) in [6.45, 7) is 2.99. The zero-order valence-electron chi connectivity index (χ0n) is 14.6. The second-order valence-electron chi connectivity index (χ2n) is 6.29. The Balaban J connectivity index is 1.99. The summed E-state index contributed by atoms with van der Waals surface area (Å²) >= 11 is 1.42. The number of hydrogen-bond acceptors (Lipinski definition) is 4. The second kappa shape index (κ2) is 7.83. The van der Waals surface area contributed by atoms with Crippen LogP contribution in [0, 0.1) is 0 Å². The third-order valence-corrected chi connectivity index (χ3v) is 5.54. The van der Waals surface area contributed by atoms with Gasteiger partial charge in [0.25, 0.3) is 0 Å². The van der Waals surface area contributed by atoms with Gasteiger partial charge in [0, 0.05) is 16.3 Å². The molecule has 0 atom stereocenters. The highest BCUT2D eigenvalue weighted by Gasteiger charge is 2.25. The predicted molar refractivity (Wildman–Crippen MR) is 102 cm³/mol. The lowest BCUT2D eigenvalue weighted by Crippen LogP contribution is -2.22. The van der Waals surface area contributed by atoms with Crippen molar-refractivity contribution >= 4 is 35.1 Å². The Kier molecular flexibility index (Phi) is 5.52. The van der Waals surface area contributed by atoms with Crippen molar-refractivity contribution < 1.29 is 19.8 Å². The molecular weight excluding hydrogens is 350 g/mol. The highest BCUT2D eigenvalue weighted by Crippen LogP contribution is 2.48. The average Bonchev–Trinajstić information content (AvgIpc) is 2.63. The van der Waals surface area contributed by atoms with Crippen LogP contribution in [-0.4, -0.2) is 28.7 Å². The van der Waals surface area contributed by atoms with E-state index in [2.05, 4.69) is 11.8 Å². The van der Waals surface area contributed by atoms with Crippen molar-refractivity contribution in [3.8, 4) is 0 Å². The third kappa shape index (κ3) is 3.70. The second-order valence-corrected chi connectivity index (χ2v) is 7.37. The Morgan fingerprint density at radius 2 is 1.42 bits per heavy atom. The fourth-order valence-electron chi connectivity index (χ4n) is 3.09. The van der Waals surface area contributed by atoms with Gasteiger partial charge in [-0.3, -0.25) is 0 Å². The summed E-state index contributed by atoms with van der Waals surface area (Å²) in [4.78, 5) is 26.5. The third-order valence-electron chi connectivity index (χ3n) is 4.45. The SMILES string of the molecule is CCCCCCN1c2ccc(C(=O)O)cc2Sc2cc(C(=O)O)ccc21. The van der Waals surface area contributed by atoms with Gasteiger partial charge in [-0.25, -0.2) is 9.59 Å². The number of anilines is 2. The molecule has 0 saturated carbocycles. The summed E-state index contributed by atoms with van der Waals surface area (Å²) in [6.07, 6.45) is 4.50. The molecule has 0 unspecified atom stereocenters. The van der Waals surface area contributed by atoms with Crippen LogP contribution in [0.25, 0.3) is 0 Å². The van der Waals surface area contributed by atoms with E-state index in [0.29, 0.717) is 0 Å². The summed E-state index contributed by atoms with van der Waals surface area (Å²) in [5, 5.41) is 18.5. The Hall–Kier alpha value is -2.47. The van der Waals surface area contributed by atoms with Gasteiger partial charge in [-0.1, -0.05) is 37.9 Å². The quantitative estimate of drug-likeness (QED) is 0.646. The number of fused-ring (bicyclic) bond motifs is 2. The van der Waals surface area contributed by atoms with E-state index in [1.54, 1.807) is 24.3 Å². The predicted octanol–water partition coefficient (Wildman–Crippen LogP) is 5.27. The van der Waals surface area contributed by atoms with Crippen molar-refractivity contribution in [2.24, 2.45) is 0 Å². The lowest BCUT2D eigenvalue weighted by Gasteiger charge is -2.33. The molecule has 0 amide bonds. The lowest BCUT2D eigenvalue weighted by atomic mass is 10.1. The van der Waals surface area contributed by atoms with Crippen LogP contribution in [0.2, 0.25) is 0 Å². The average molecular weight is 371 g/mol. The van der Waals surface area contributed by atoms with E-state index in [1.165, 1.54) is 18.2 Å². The standard InChI is InChI=1S/C20H21NO4S/c1-2-3-4-5-10-21-15-8-6-13(19(22)23)11-17(15)26-18-12-14(20(24)25)7-9-16(18)21/h6-9,11-12H,2-5,10H2,1H3,(H,22,23)(H,24,25). The molecule has 0 fully saturated rings. The van der Waals surface area contributed by atoms with E-state index in [4.69, 9.17) is 0 Å². The number of carboxylic acid groups (broad SMARTS) is 2. The minimum Gasteiger partial charge on any atom is -0.478 e. The maximum Gasteiger partial charge on any atom is 0.335 e. The summed E-state index contributed by atoms with van der Waals surface area (Å²) in [6, 6.07) is 10.3. The van der Waals surface area contributed by atoms with Crippen LogP contribution in [0.4, 0.5) is 11.4 Å². The first-order chi connectivity index (χ1) is 12.5. The Bertz CT molecular complexity index is 786. The maximum atomic E-state index is 11.3. The Labute approximate surface area is 156 Å². The molecule has 0 aliphatic carbocycles. The van der Waals surface area contributed by atoms with Crippen LogP contribution < -0.4 is 4.90 Å². The molecule has 26 heavy (non-hydrogen) atoms.